The molecule has 14 heavy (non-hydrogen) atoms. The molecule has 0 unspecified atom stereocenters. The fourth-order valence-electron chi connectivity index (χ4n) is 1.02. The van der Waals surface area contributed by atoms with Crippen LogP contribution in [0.2, 0.25) is 0 Å². The molecule has 1 aromatic carbocycles. The summed E-state index contributed by atoms with van der Waals surface area (Å²) in [5.74, 6) is -0.0181. The zero-order chi connectivity index (χ0) is 9.68. The third-order valence-electron chi connectivity index (χ3n) is 1.65. The Morgan fingerprint density at radius 3 is 2.79 bits per heavy atom. The maximum Gasteiger partial charge on any atom is 1.00 e. The van der Waals surface area contributed by atoms with Crippen molar-refractivity contribution < 1.29 is 38.5 Å². The average molecular weight is 219 g/mol. The van der Waals surface area contributed by atoms with E-state index in [0.717, 1.165) is 5.56 Å². The van der Waals surface area contributed by atoms with Crippen molar-refractivity contribution in [3.8, 4) is 6.07 Å². The predicted molar refractivity (Wildman–Crippen MR) is 48.1 cm³/mol. The van der Waals surface area contributed by atoms with E-state index in [1.807, 2.05) is 6.07 Å². The number of nitrogens with zero attached hydrogens (tertiary/aromatic N) is 1. The minimum Gasteiger partial charge on any atom is -0.799 e. The van der Waals surface area contributed by atoms with Crippen LogP contribution in [0.4, 0.5) is 4.39 Å². The van der Waals surface area contributed by atoms with Crippen LogP contribution in [0.1, 0.15) is 11.1 Å². The molecule has 0 aliphatic carbocycles. The van der Waals surface area contributed by atoms with E-state index in [0.29, 0.717) is 29.8 Å². The number of aryl methyl sites for hydroxylation is 1. The topological polar surface area (TPSA) is 46.8 Å². The molecule has 0 fully saturated rings. The number of nitriles is 1. The molecular formula is C9H7FNNaOS. The largest absolute Gasteiger partial charge is 1.00 e. The molecular weight excluding hydrogens is 212 g/mol. The van der Waals surface area contributed by atoms with Gasteiger partial charge < -0.3 is 4.55 Å². The van der Waals surface area contributed by atoms with Gasteiger partial charge in [-0.2, -0.15) is 5.26 Å². The molecule has 2 nitrogen and oxygen atoms in total. The van der Waals surface area contributed by atoms with Crippen LogP contribution in [0, 0.1) is 17.1 Å². The SMILES string of the molecule is N#Cc1cc(F)ccc1CCS[O-].[Na+]. The zero-order valence-corrected chi connectivity index (χ0v) is 10.6. The van der Waals surface area contributed by atoms with E-state index in [4.69, 9.17) is 5.26 Å². The summed E-state index contributed by atoms with van der Waals surface area (Å²) in [7, 11) is 0. The Bertz CT molecular complexity index is 340. The van der Waals surface area contributed by atoms with E-state index in [-0.39, 0.29) is 29.6 Å². The van der Waals surface area contributed by atoms with Crippen molar-refractivity contribution in [2.24, 2.45) is 0 Å². The van der Waals surface area contributed by atoms with Crippen LogP contribution in [0.15, 0.2) is 18.2 Å². The fourth-order valence-corrected chi connectivity index (χ4v) is 1.33. The summed E-state index contributed by atoms with van der Waals surface area (Å²) in [6.45, 7) is 0. The number of rotatable bonds is 3. The predicted octanol–water partition coefficient (Wildman–Crippen LogP) is -0.893. The van der Waals surface area contributed by atoms with Gasteiger partial charge in [0.05, 0.1) is 11.6 Å². The van der Waals surface area contributed by atoms with Crippen LogP contribution in [0.5, 0.6) is 0 Å². The van der Waals surface area contributed by atoms with E-state index in [9.17, 15) is 8.94 Å². The van der Waals surface area contributed by atoms with Gasteiger partial charge in [0.1, 0.15) is 5.82 Å². The van der Waals surface area contributed by atoms with Crippen LogP contribution in [0.3, 0.4) is 0 Å². The van der Waals surface area contributed by atoms with Gasteiger partial charge in [0.25, 0.3) is 0 Å². The maximum atomic E-state index is 12.6. The molecule has 1 rings (SSSR count). The molecule has 0 aliphatic heterocycles. The summed E-state index contributed by atoms with van der Waals surface area (Å²) in [5, 5.41) is 8.64. The number of halogens is 1. The van der Waals surface area contributed by atoms with Crippen molar-refractivity contribution >= 4 is 12.0 Å². The molecule has 0 aliphatic rings. The smallest absolute Gasteiger partial charge is 0.799 e. The summed E-state index contributed by atoms with van der Waals surface area (Å²) in [6.07, 6.45) is 0.511. The molecule has 68 valence electrons. The van der Waals surface area contributed by atoms with Crippen molar-refractivity contribution in [2.75, 3.05) is 5.75 Å². The Kier molecular flexibility index (Phi) is 7.24. The molecule has 0 spiro atoms. The third kappa shape index (κ3) is 3.99. The van der Waals surface area contributed by atoms with Gasteiger partial charge in [0, 0.05) is 0 Å². The first-order chi connectivity index (χ1) is 6.27. The van der Waals surface area contributed by atoms with Crippen molar-refractivity contribution in [3.05, 3.63) is 35.1 Å². The first-order valence-electron chi connectivity index (χ1n) is 3.71. The summed E-state index contributed by atoms with van der Waals surface area (Å²) < 4.78 is 22.8. The molecule has 0 N–H and O–H groups in total. The first-order valence-corrected chi connectivity index (χ1v) is 4.62. The molecule has 0 heterocycles. The monoisotopic (exact) mass is 219 g/mol. The Balaban J connectivity index is 0.00000169. The van der Waals surface area contributed by atoms with Gasteiger partial charge in [0.2, 0.25) is 0 Å². The van der Waals surface area contributed by atoms with Crippen molar-refractivity contribution in [1.82, 2.24) is 0 Å². The Labute approximate surface area is 109 Å². The Morgan fingerprint density at radius 1 is 1.50 bits per heavy atom. The van der Waals surface area contributed by atoms with E-state index < -0.39 is 5.82 Å². The van der Waals surface area contributed by atoms with Crippen LogP contribution in [0.25, 0.3) is 0 Å². The van der Waals surface area contributed by atoms with Gasteiger partial charge in [0.15, 0.2) is 0 Å². The minimum atomic E-state index is -0.421. The molecule has 0 amide bonds. The van der Waals surface area contributed by atoms with Gasteiger partial charge in [-0.3, -0.25) is 12.0 Å². The van der Waals surface area contributed by atoms with Gasteiger partial charge in [-0.05, 0) is 29.9 Å². The van der Waals surface area contributed by atoms with E-state index in [1.165, 1.54) is 12.1 Å². The van der Waals surface area contributed by atoms with E-state index >= 15 is 0 Å². The molecule has 0 saturated heterocycles. The standard InChI is InChI=1S/C9H8FNOS.Na/c10-9-2-1-7(3-4-13-12)8(5-9)6-11;/h1-2,5,12H,3-4H2;/q;+1/p-1. The van der Waals surface area contributed by atoms with Crippen LogP contribution >= 0.6 is 12.0 Å². The van der Waals surface area contributed by atoms with E-state index in [2.05, 4.69) is 0 Å². The molecule has 0 aromatic heterocycles. The summed E-state index contributed by atoms with van der Waals surface area (Å²) in [6, 6.07) is 5.92. The summed E-state index contributed by atoms with van der Waals surface area (Å²) in [4.78, 5) is 0. The molecule has 1 aromatic rings. The second kappa shape index (κ2) is 7.27. The normalized spacial score (nSPS) is 8.93. The minimum absolute atomic E-state index is 0. The quantitative estimate of drug-likeness (QED) is 0.489. The fraction of sp³-hybridized carbons (Fsp3) is 0.222. The summed E-state index contributed by atoms with van der Waals surface area (Å²) >= 11 is 0.467. The summed E-state index contributed by atoms with van der Waals surface area (Å²) in [5.41, 5.74) is 1.04. The zero-order valence-electron chi connectivity index (χ0n) is 7.79. The van der Waals surface area contributed by atoms with E-state index in [1.54, 1.807) is 6.07 Å². The second-order valence-corrected chi connectivity index (χ2v) is 3.13. The van der Waals surface area contributed by atoms with Gasteiger partial charge in [-0.25, -0.2) is 4.39 Å². The third-order valence-corrected chi connectivity index (χ3v) is 2.02. The van der Waals surface area contributed by atoms with Crippen LogP contribution in [-0.4, -0.2) is 10.3 Å². The Hall–Kier alpha value is -0.0500. The number of hydrogen-bond donors (Lipinski definition) is 0. The van der Waals surface area contributed by atoms with Gasteiger partial charge in [-0.15, -0.1) is 0 Å². The number of benzene rings is 1. The van der Waals surface area contributed by atoms with Gasteiger partial charge in [-0.1, -0.05) is 6.07 Å². The van der Waals surface area contributed by atoms with Crippen molar-refractivity contribution in [1.29, 1.82) is 5.26 Å². The van der Waals surface area contributed by atoms with Crippen LogP contribution < -0.4 is 29.6 Å². The molecule has 0 bridgehead atoms. The van der Waals surface area contributed by atoms with Crippen molar-refractivity contribution in [2.45, 2.75) is 6.42 Å². The molecule has 0 atom stereocenters. The second-order valence-electron chi connectivity index (χ2n) is 2.49. The van der Waals surface area contributed by atoms with Gasteiger partial charge >= 0.3 is 29.6 Å². The Morgan fingerprint density at radius 2 is 2.21 bits per heavy atom. The average Bonchev–Trinajstić information content (AvgIpc) is 2.16. The molecule has 0 saturated carbocycles. The molecule has 0 radical (unpaired) electrons. The number of hydrogen-bond acceptors (Lipinski definition) is 3. The molecule has 5 heteroatoms. The van der Waals surface area contributed by atoms with Crippen molar-refractivity contribution in [3.63, 3.8) is 0 Å². The maximum absolute atomic E-state index is 12.6. The first kappa shape index (κ1) is 13.9. The van der Waals surface area contributed by atoms with Crippen LogP contribution in [-0.2, 0) is 6.42 Å².